The molecule has 0 amide bonds. The lowest BCUT2D eigenvalue weighted by Crippen LogP contribution is -2.11. The summed E-state index contributed by atoms with van der Waals surface area (Å²) in [7, 11) is 0. The van der Waals surface area contributed by atoms with Crippen molar-refractivity contribution in [3.63, 3.8) is 0 Å². The molecular formula is C24H29F. The quantitative estimate of drug-likeness (QED) is 0.514. The summed E-state index contributed by atoms with van der Waals surface area (Å²) in [5.41, 5.74) is 5.45. The van der Waals surface area contributed by atoms with E-state index in [2.05, 4.69) is 55.5 Å². The van der Waals surface area contributed by atoms with Crippen LogP contribution in [0.2, 0.25) is 0 Å². The molecule has 132 valence electrons. The molecule has 0 atom stereocenters. The molecule has 3 rings (SSSR count). The second-order valence-electron chi connectivity index (χ2n) is 7.35. The van der Waals surface area contributed by atoms with Crippen molar-refractivity contribution in [3.05, 3.63) is 72.1 Å². The molecule has 2 aromatic rings. The molecule has 1 fully saturated rings. The minimum Gasteiger partial charge on any atom is -0.216 e. The summed E-state index contributed by atoms with van der Waals surface area (Å²) < 4.78 is 12.3. The first-order chi connectivity index (χ1) is 12.3. The summed E-state index contributed by atoms with van der Waals surface area (Å²) in [5, 5.41) is 0. The first kappa shape index (κ1) is 17.9. The molecule has 2 aromatic carbocycles. The number of hydrogen-bond donors (Lipinski definition) is 0. The van der Waals surface area contributed by atoms with E-state index in [0.717, 1.165) is 12.8 Å². The van der Waals surface area contributed by atoms with Gasteiger partial charge in [-0.05, 0) is 72.6 Å². The van der Waals surface area contributed by atoms with Gasteiger partial charge in [-0.3, -0.25) is 0 Å². The van der Waals surface area contributed by atoms with Crippen molar-refractivity contribution in [2.45, 2.75) is 57.8 Å². The lowest BCUT2D eigenvalue weighted by atomic mass is 9.78. The SMILES string of the molecule is CCCCc1ccc(-c2ccc(C3CCC(/C=C/F)CC3)cc2)cc1. The predicted octanol–water partition coefficient (Wildman–Crippen LogP) is 7.45. The van der Waals surface area contributed by atoms with Crippen LogP contribution in [-0.4, -0.2) is 0 Å². The Balaban J connectivity index is 1.62. The number of allylic oxidation sites excluding steroid dienone is 1. The molecule has 1 aliphatic carbocycles. The van der Waals surface area contributed by atoms with E-state index >= 15 is 0 Å². The predicted molar refractivity (Wildman–Crippen MR) is 105 cm³/mol. The summed E-state index contributed by atoms with van der Waals surface area (Å²) in [6.07, 6.45) is 10.7. The van der Waals surface area contributed by atoms with Crippen molar-refractivity contribution in [1.29, 1.82) is 0 Å². The zero-order valence-corrected chi connectivity index (χ0v) is 15.3. The fourth-order valence-electron chi connectivity index (χ4n) is 3.94. The van der Waals surface area contributed by atoms with Gasteiger partial charge in [-0.15, -0.1) is 0 Å². The van der Waals surface area contributed by atoms with E-state index in [1.165, 1.54) is 54.4 Å². The average molecular weight is 336 g/mol. The number of benzene rings is 2. The third-order valence-electron chi connectivity index (χ3n) is 5.61. The van der Waals surface area contributed by atoms with Gasteiger partial charge in [0.15, 0.2) is 0 Å². The van der Waals surface area contributed by atoms with Gasteiger partial charge in [0, 0.05) is 0 Å². The van der Waals surface area contributed by atoms with Gasteiger partial charge < -0.3 is 0 Å². The van der Waals surface area contributed by atoms with Crippen LogP contribution < -0.4 is 0 Å². The molecule has 0 aliphatic heterocycles. The Morgan fingerprint density at radius 3 is 2.04 bits per heavy atom. The van der Waals surface area contributed by atoms with E-state index in [1.54, 1.807) is 6.08 Å². The summed E-state index contributed by atoms with van der Waals surface area (Å²) in [6.45, 7) is 2.24. The summed E-state index contributed by atoms with van der Waals surface area (Å²) in [6, 6.07) is 18.1. The maximum atomic E-state index is 12.3. The third kappa shape index (κ3) is 4.81. The average Bonchev–Trinajstić information content (AvgIpc) is 2.68. The number of rotatable bonds is 6. The zero-order valence-electron chi connectivity index (χ0n) is 15.3. The van der Waals surface area contributed by atoms with Gasteiger partial charge in [0.1, 0.15) is 0 Å². The molecule has 1 saturated carbocycles. The Kier molecular flexibility index (Phi) is 6.44. The Morgan fingerprint density at radius 1 is 0.880 bits per heavy atom. The van der Waals surface area contributed by atoms with Crippen molar-refractivity contribution in [2.75, 3.05) is 0 Å². The van der Waals surface area contributed by atoms with Crippen LogP contribution >= 0.6 is 0 Å². The third-order valence-corrected chi connectivity index (χ3v) is 5.61. The zero-order chi connectivity index (χ0) is 17.5. The van der Waals surface area contributed by atoms with Crippen LogP contribution in [0.3, 0.4) is 0 Å². The molecule has 0 nitrogen and oxygen atoms in total. The van der Waals surface area contributed by atoms with Crippen LogP contribution in [0.1, 0.15) is 62.5 Å². The minimum atomic E-state index is 0.437. The molecule has 0 radical (unpaired) electrons. The highest BCUT2D eigenvalue weighted by atomic mass is 19.1. The van der Waals surface area contributed by atoms with E-state index in [1.807, 2.05) is 0 Å². The van der Waals surface area contributed by atoms with Crippen LogP contribution in [0.4, 0.5) is 4.39 Å². The highest BCUT2D eigenvalue weighted by Gasteiger charge is 2.20. The Morgan fingerprint density at radius 2 is 1.48 bits per heavy atom. The molecule has 0 aromatic heterocycles. The molecule has 0 unspecified atom stereocenters. The number of unbranched alkanes of at least 4 members (excludes halogenated alkanes) is 1. The molecule has 1 heteroatoms. The Bertz CT molecular complexity index is 658. The molecule has 0 bridgehead atoms. The van der Waals surface area contributed by atoms with Gasteiger partial charge >= 0.3 is 0 Å². The number of hydrogen-bond acceptors (Lipinski definition) is 0. The van der Waals surface area contributed by atoms with Crippen LogP contribution in [0.5, 0.6) is 0 Å². The smallest absolute Gasteiger partial charge is 0.0829 e. The monoisotopic (exact) mass is 336 g/mol. The molecule has 1 aliphatic rings. The Labute approximate surface area is 151 Å². The van der Waals surface area contributed by atoms with Crippen LogP contribution in [0, 0.1) is 5.92 Å². The van der Waals surface area contributed by atoms with Crippen LogP contribution in [-0.2, 0) is 6.42 Å². The lowest BCUT2D eigenvalue weighted by molar-refractivity contribution is 0.373. The highest BCUT2D eigenvalue weighted by Crippen LogP contribution is 2.37. The fraction of sp³-hybridized carbons (Fsp3) is 0.417. The van der Waals surface area contributed by atoms with Crippen molar-refractivity contribution >= 4 is 0 Å². The standard InChI is InChI=1S/C24H29F/c1-2-3-4-19-5-9-21(10-6-19)23-13-15-24(16-14-23)22-11-7-20(8-12-22)17-18-25/h5-6,9-10,13-18,20,22H,2-4,7-8,11-12H2,1H3/b18-17+. The van der Waals surface area contributed by atoms with Crippen molar-refractivity contribution in [3.8, 4) is 11.1 Å². The maximum Gasteiger partial charge on any atom is 0.0829 e. The van der Waals surface area contributed by atoms with Gasteiger partial charge in [0.25, 0.3) is 0 Å². The first-order valence-corrected chi connectivity index (χ1v) is 9.76. The number of aryl methyl sites for hydroxylation is 1. The second-order valence-corrected chi connectivity index (χ2v) is 7.35. The summed E-state index contributed by atoms with van der Waals surface area (Å²) in [5.74, 6) is 1.07. The van der Waals surface area contributed by atoms with Crippen molar-refractivity contribution in [1.82, 2.24) is 0 Å². The lowest BCUT2D eigenvalue weighted by Gasteiger charge is -2.27. The van der Waals surface area contributed by atoms with Gasteiger partial charge in [0.05, 0.1) is 6.33 Å². The topological polar surface area (TPSA) is 0 Å². The van der Waals surface area contributed by atoms with E-state index in [9.17, 15) is 4.39 Å². The van der Waals surface area contributed by atoms with E-state index in [0.29, 0.717) is 18.2 Å². The molecular weight excluding hydrogens is 307 g/mol. The largest absolute Gasteiger partial charge is 0.216 e. The molecule has 0 saturated heterocycles. The van der Waals surface area contributed by atoms with Crippen LogP contribution in [0.25, 0.3) is 11.1 Å². The molecule has 0 spiro atoms. The van der Waals surface area contributed by atoms with Gasteiger partial charge in [0.2, 0.25) is 0 Å². The van der Waals surface area contributed by atoms with E-state index < -0.39 is 0 Å². The summed E-state index contributed by atoms with van der Waals surface area (Å²) >= 11 is 0. The number of halogens is 1. The van der Waals surface area contributed by atoms with E-state index in [4.69, 9.17) is 0 Å². The normalized spacial score (nSPS) is 20.9. The van der Waals surface area contributed by atoms with Crippen LogP contribution in [0.15, 0.2) is 60.9 Å². The van der Waals surface area contributed by atoms with Gasteiger partial charge in [-0.25, -0.2) is 4.39 Å². The fourth-order valence-corrected chi connectivity index (χ4v) is 3.94. The molecule has 0 N–H and O–H groups in total. The minimum absolute atomic E-state index is 0.437. The van der Waals surface area contributed by atoms with E-state index in [-0.39, 0.29) is 0 Å². The summed E-state index contributed by atoms with van der Waals surface area (Å²) in [4.78, 5) is 0. The second kappa shape index (κ2) is 8.99. The van der Waals surface area contributed by atoms with Crippen molar-refractivity contribution in [2.24, 2.45) is 5.92 Å². The maximum absolute atomic E-state index is 12.3. The highest BCUT2D eigenvalue weighted by molar-refractivity contribution is 5.64. The molecule has 25 heavy (non-hydrogen) atoms. The van der Waals surface area contributed by atoms with Crippen molar-refractivity contribution < 1.29 is 4.39 Å². The van der Waals surface area contributed by atoms with Gasteiger partial charge in [-0.1, -0.05) is 68.0 Å². The Hall–Kier alpha value is -1.89. The van der Waals surface area contributed by atoms with Gasteiger partial charge in [-0.2, -0.15) is 0 Å². The molecule has 0 heterocycles. The first-order valence-electron chi connectivity index (χ1n) is 9.76.